The molecule has 2 aromatic heterocycles. The molecule has 2 aromatic rings. The predicted molar refractivity (Wildman–Crippen MR) is 128 cm³/mol. The zero-order valence-corrected chi connectivity index (χ0v) is 19.4. The van der Waals surface area contributed by atoms with E-state index in [9.17, 15) is 4.79 Å². The number of piperazine rings is 1. The summed E-state index contributed by atoms with van der Waals surface area (Å²) in [6.07, 6.45) is 10.7. The second kappa shape index (κ2) is 8.24. The first-order valence-corrected chi connectivity index (χ1v) is 12.4. The van der Waals surface area contributed by atoms with Crippen molar-refractivity contribution in [3.05, 3.63) is 35.8 Å². The molecule has 1 spiro atoms. The number of hydrogen-bond donors (Lipinski definition) is 2. The smallest absolute Gasteiger partial charge is 0.228 e. The van der Waals surface area contributed by atoms with E-state index in [2.05, 4.69) is 43.5 Å². The molecule has 2 aliphatic heterocycles. The second-order valence-electron chi connectivity index (χ2n) is 10.4. The highest BCUT2D eigenvalue weighted by Crippen LogP contribution is 2.56. The first-order chi connectivity index (χ1) is 16.1. The number of likely N-dealkylation sites (N-methyl/N-ethyl adjacent to an activating group) is 1. The Balaban J connectivity index is 1.23. The van der Waals surface area contributed by atoms with Gasteiger partial charge in [-0.25, -0.2) is 15.0 Å². The maximum absolute atomic E-state index is 12.7. The summed E-state index contributed by atoms with van der Waals surface area (Å²) >= 11 is 0. The van der Waals surface area contributed by atoms with Gasteiger partial charge in [0.25, 0.3) is 0 Å². The highest BCUT2D eigenvalue weighted by Gasteiger charge is 2.54. The molecule has 174 valence electrons. The Morgan fingerprint density at radius 2 is 1.88 bits per heavy atom. The lowest BCUT2D eigenvalue weighted by Crippen LogP contribution is -2.53. The van der Waals surface area contributed by atoms with Crippen molar-refractivity contribution in [2.45, 2.75) is 44.4 Å². The fourth-order valence-corrected chi connectivity index (χ4v) is 6.49. The van der Waals surface area contributed by atoms with Gasteiger partial charge in [-0.15, -0.1) is 0 Å². The van der Waals surface area contributed by atoms with E-state index in [1.165, 1.54) is 32.1 Å². The summed E-state index contributed by atoms with van der Waals surface area (Å²) in [7, 11) is 2.16. The average Bonchev–Trinajstić information content (AvgIpc) is 3.24. The molecule has 2 aliphatic carbocycles. The average molecular weight is 448 g/mol. The van der Waals surface area contributed by atoms with E-state index >= 15 is 0 Å². The molecule has 0 radical (unpaired) electrons. The Labute approximate surface area is 195 Å². The lowest BCUT2D eigenvalue weighted by molar-refractivity contribution is -0.131. The standard InChI is InChI=1S/C25H33N7O/c1-31-9-11-32(12-10-31)18-5-6-20(26-15-18)29-24-27-14-17-13-19-21(22(17)30-24)25(16-28-23(19)33)7-3-2-4-8-25/h5-6,14-15,19,21H,2-4,7-13,16H2,1H3,(H,28,33)(H,26,27,29,30). The van der Waals surface area contributed by atoms with Crippen LogP contribution in [0.3, 0.4) is 0 Å². The first kappa shape index (κ1) is 20.8. The number of pyridine rings is 1. The normalized spacial score (nSPS) is 26.6. The van der Waals surface area contributed by atoms with Crippen LogP contribution in [0.4, 0.5) is 17.5 Å². The van der Waals surface area contributed by atoms with Crippen LogP contribution in [0, 0.1) is 11.3 Å². The van der Waals surface area contributed by atoms with Crippen molar-refractivity contribution in [1.82, 2.24) is 25.2 Å². The molecule has 0 aromatic carbocycles. The fraction of sp³-hybridized carbons (Fsp3) is 0.600. The fourth-order valence-electron chi connectivity index (χ4n) is 6.49. The van der Waals surface area contributed by atoms with Gasteiger partial charge in [-0.2, -0.15) is 0 Å². The molecule has 8 nitrogen and oxygen atoms in total. The van der Waals surface area contributed by atoms with Gasteiger partial charge in [0, 0.05) is 44.8 Å². The van der Waals surface area contributed by atoms with Crippen molar-refractivity contribution in [3.63, 3.8) is 0 Å². The van der Waals surface area contributed by atoms with E-state index in [1.54, 1.807) is 0 Å². The van der Waals surface area contributed by atoms with Crippen molar-refractivity contribution in [2.75, 3.05) is 50.0 Å². The Hall–Kier alpha value is -2.74. The second-order valence-corrected chi connectivity index (χ2v) is 10.4. The minimum Gasteiger partial charge on any atom is -0.368 e. The van der Waals surface area contributed by atoms with E-state index in [0.29, 0.717) is 5.95 Å². The Kier molecular flexibility index (Phi) is 5.20. The third-order valence-electron chi connectivity index (χ3n) is 8.35. The molecule has 4 heterocycles. The summed E-state index contributed by atoms with van der Waals surface area (Å²) in [5.74, 6) is 1.71. The Bertz CT molecular complexity index is 1030. The third-order valence-corrected chi connectivity index (χ3v) is 8.35. The SMILES string of the molecule is CN1CCN(c2ccc(Nc3ncc4c(n3)C3C(C4)C(=O)NCC34CCCCC4)nc2)CC1. The monoisotopic (exact) mass is 447 g/mol. The quantitative estimate of drug-likeness (QED) is 0.748. The van der Waals surface area contributed by atoms with Gasteiger partial charge < -0.3 is 20.4 Å². The molecule has 8 heteroatoms. The van der Waals surface area contributed by atoms with Crippen molar-refractivity contribution < 1.29 is 4.79 Å². The zero-order chi connectivity index (χ0) is 22.4. The molecule has 33 heavy (non-hydrogen) atoms. The lowest BCUT2D eigenvalue weighted by atomic mass is 9.60. The molecule has 2 atom stereocenters. The number of aromatic nitrogens is 3. The van der Waals surface area contributed by atoms with E-state index < -0.39 is 0 Å². The van der Waals surface area contributed by atoms with E-state index in [1.807, 2.05) is 18.5 Å². The molecule has 2 N–H and O–H groups in total. The highest BCUT2D eigenvalue weighted by molar-refractivity contribution is 5.82. The van der Waals surface area contributed by atoms with Crippen LogP contribution in [-0.4, -0.2) is 65.5 Å². The van der Waals surface area contributed by atoms with Crippen LogP contribution >= 0.6 is 0 Å². The predicted octanol–water partition coefficient (Wildman–Crippen LogP) is 2.70. The Morgan fingerprint density at radius 3 is 2.64 bits per heavy atom. The van der Waals surface area contributed by atoms with Crippen molar-refractivity contribution in [1.29, 1.82) is 0 Å². The zero-order valence-electron chi connectivity index (χ0n) is 19.4. The van der Waals surface area contributed by atoms with Gasteiger partial charge in [0.15, 0.2) is 0 Å². The number of carbonyl (C=O) groups is 1. The largest absolute Gasteiger partial charge is 0.368 e. The third kappa shape index (κ3) is 3.74. The number of anilines is 3. The molecular formula is C25H33N7O. The Morgan fingerprint density at radius 1 is 1.06 bits per heavy atom. The van der Waals surface area contributed by atoms with E-state index in [0.717, 1.165) is 61.9 Å². The summed E-state index contributed by atoms with van der Waals surface area (Å²) < 4.78 is 0. The number of carbonyl (C=O) groups excluding carboxylic acids is 1. The topological polar surface area (TPSA) is 86.3 Å². The van der Waals surface area contributed by atoms with Crippen LogP contribution in [-0.2, 0) is 11.2 Å². The van der Waals surface area contributed by atoms with Gasteiger partial charge in [0.2, 0.25) is 11.9 Å². The number of rotatable bonds is 3. The van der Waals surface area contributed by atoms with Crippen LogP contribution in [0.5, 0.6) is 0 Å². The van der Waals surface area contributed by atoms with Crippen LogP contribution in [0.15, 0.2) is 24.5 Å². The van der Waals surface area contributed by atoms with E-state index in [4.69, 9.17) is 4.98 Å². The minimum absolute atomic E-state index is 0.00241. The van der Waals surface area contributed by atoms with Gasteiger partial charge in [0.05, 0.1) is 23.5 Å². The summed E-state index contributed by atoms with van der Waals surface area (Å²) in [4.78, 5) is 31.6. The van der Waals surface area contributed by atoms with Gasteiger partial charge in [-0.05, 0) is 49.4 Å². The summed E-state index contributed by atoms with van der Waals surface area (Å²) in [6, 6.07) is 4.12. The summed E-state index contributed by atoms with van der Waals surface area (Å²) in [6.45, 7) is 4.98. The maximum atomic E-state index is 12.7. The number of nitrogens with one attached hydrogen (secondary N) is 2. The molecule has 1 amide bonds. The van der Waals surface area contributed by atoms with Gasteiger partial charge >= 0.3 is 0 Å². The number of amides is 1. The maximum Gasteiger partial charge on any atom is 0.228 e. The number of nitrogens with zero attached hydrogens (tertiary/aromatic N) is 5. The number of fused-ring (bicyclic) bond motifs is 4. The lowest BCUT2D eigenvalue weighted by Gasteiger charge is -2.47. The number of hydrogen-bond acceptors (Lipinski definition) is 7. The molecule has 2 saturated heterocycles. The molecular weight excluding hydrogens is 414 g/mol. The first-order valence-electron chi connectivity index (χ1n) is 12.4. The van der Waals surface area contributed by atoms with Crippen LogP contribution < -0.4 is 15.5 Å². The van der Waals surface area contributed by atoms with Crippen molar-refractivity contribution >= 4 is 23.4 Å². The minimum atomic E-state index is -0.00241. The molecule has 6 rings (SSSR count). The molecule has 2 unspecified atom stereocenters. The van der Waals surface area contributed by atoms with Crippen LogP contribution in [0.2, 0.25) is 0 Å². The van der Waals surface area contributed by atoms with Gasteiger partial charge in [-0.3, -0.25) is 4.79 Å². The van der Waals surface area contributed by atoms with Crippen LogP contribution in [0.1, 0.15) is 49.3 Å². The summed E-state index contributed by atoms with van der Waals surface area (Å²) in [5.41, 5.74) is 3.52. The summed E-state index contributed by atoms with van der Waals surface area (Å²) in [5, 5.41) is 6.53. The molecule has 0 bridgehead atoms. The van der Waals surface area contributed by atoms with Crippen molar-refractivity contribution in [3.8, 4) is 0 Å². The van der Waals surface area contributed by atoms with Gasteiger partial charge in [0.1, 0.15) is 5.82 Å². The van der Waals surface area contributed by atoms with Crippen molar-refractivity contribution in [2.24, 2.45) is 11.3 Å². The molecule has 3 fully saturated rings. The molecule has 4 aliphatic rings. The van der Waals surface area contributed by atoms with E-state index in [-0.39, 0.29) is 23.2 Å². The van der Waals surface area contributed by atoms with Crippen LogP contribution in [0.25, 0.3) is 0 Å². The molecule has 1 saturated carbocycles. The number of piperidine rings is 1. The highest BCUT2D eigenvalue weighted by atomic mass is 16.2. The van der Waals surface area contributed by atoms with Gasteiger partial charge in [-0.1, -0.05) is 19.3 Å².